The van der Waals surface area contributed by atoms with Gasteiger partial charge in [0.25, 0.3) is 0 Å². The van der Waals surface area contributed by atoms with Crippen molar-refractivity contribution < 1.29 is 14.1 Å². The van der Waals surface area contributed by atoms with Crippen LogP contribution in [0.15, 0.2) is 4.52 Å². The first-order valence-electron chi connectivity index (χ1n) is 5.60. The third-order valence-electron chi connectivity index (χ3n) is 2.96. The van der Waals surface area contributed by atoms with Crippen LogP contribution in [-0.4, -0.2) is 29.1 Å². The van der Waals surface area contributed by atoms with E-state index in [1.165, 1.54) is 6.92 Å². The topological polar surface area (TPSA) is 65.2 Å². The van der Waals surface area contributed by atoms with Crippen molar-refractivity contribution in [3.63, 3.8) is 0 Å². The molecule has 16 heavy (non-hydrogen) atoms. The van der Waals surface area contributed by atoms with E-state index in [9.17, 15) is 4.79 Å². The molecule has 2 rings (SSSR count). The van der Waals surface area contributed by atoms with Gasteiger partial charge in [-0.05, 0) is 26.7 Å². The highest BCUT2D eigenvalue weighted by atomic mass is 16.5. The maximum absolute atomic E-state index is 11.2. The summed E-state index contributed by atoms with van der Waals surface area (Å²) in [6.45, 7) is 4.76. The summed E-state index contributed by atoms with van der Waals surface area (Å²) in [5.74, 6) is 1.02. The minimum absolute atomic E-state index is 0.0371. The smallest absolute Gasteiger partial charge is 0.236 e. The monoisotopic (exact) mass is 224 g/mol. The predicted octanol–water partition coefficient (Wildman–Crippen LogP) is 1.66. The molecule has 0 amide bonds. The molecule has 0 N–H and O–H groups in total. The van der Waals surface area contributed by atoms with Crippen molar-refractivity contribution in [3.8, 4) is 0 Å². The molecule has 1 saturated heterocycles. The summed E-state index contributed by atoms with van der Waals surface area (Å²) in [5.41, 5.74) is 0. The lowest BCUT2D eigenvalue weighted by Crippen LogP contribution is -2.16. The van der Waals surface area contributed by atoms with Gasteiger partial charge in [0.05, 0.1) is 12.5 Å². The van der Waals surface area contributed by atoms with Gasteiger partial charge in [-0.15, -0.1) is 0 Å². The van der Waals surface area contributed by atoms with E-state index in [0.29, 0.717) is 18.3 Å². The van der Waals surface area contributed by atoms with Crippen LogP contribution in [0.4, 0.5) is 0 Å². The van der Waals surface area contributed by atoms with Gasteiger partial charge >= 0.3 is 0 Å². The summed E-state index contributed by atoms with van der Waals surface area (Å²) >= 11 is 0. The zero-order valence-corrected chi connectivity index (χ0v) is 9.60. The second-order valence-corrected chi connectivity index (χ2v) is 4.24. The zero-order valence-electron chi connectivity index (χ0n) is 9.60. The Kier molecular flexibility index (Phi) is 3.33. The lowest BCUT2D eigenvalue weighted by Gasteiger charge is -2.18. The number of aromatic nitrogens is 2. The second kappa shape index (κ2) is 4.74. The van der Waals surface area contributed by atoms with Crippen molar-refractivity contribution in [2.45, 2.75) is 38.5 Å². The van der Waals surface area contributed by atoms with Crippen molar-refractivity contribution >= 4 is 5.78 Å². The third-order valence-corrected chi connectivity index (χ3v) is 2.96. The molecule has 5 nitrogen and oxygen atoms in total. The summed E-state index contributed by atoms with van der Waals surface area (Å²) in [5, 5.41) is 3.92. The number of Topliss-reactive ketones (excluding diaryl/α,β-unsaturated/α-hetero) is 1. The van der Waals surface area contributed by atoms with E-state index >= 15 is 0 Å². The maximum atomic E-state index is 11.2. The van der Waals surface area contributed by atoms with Gasteiger partial charge in [0.1, 0.15) is 5.78 Å². The fourth-order valence-corrected chi connectivity index (χ4v) is 1.71. The molecular formula is C11H16N2O3. The van der Waals surface area contributed by atoms with Gasteiger partial charge in [-0.1, -0.05) is 5.16 Å². The predicted molar refractivity (Wildman–Crippen MR) is 56.2 cm³/mol. The number of hydrogen-bond acceptors (Lipinski definition) is 5. The van der Waals surface area contributed by atoms with Crippen LogP contribution in [0, 0.1) is 0 Å². The molecule has 2 atom stereocenters. The van der Waals surface area contributed by atoms with E-state index < -0.39 is 0 Å². The lowest BCUT2D eigenvalue weighted by molar-refractivity contribution is -0.118. The molecule has 1 aliphatic heterocycles. The third kappa shape index (κ3) is 2.29. The van der Waals surface area contributed by atoms with Gasteiger partial charge < -0.3 is 9.26 Å². The van der Waals surface area contributed by atoms with E-state index in [0.717, 1.165) is 19.4 Å². The standard InChI is InChI=1S/C11H16N2O3/c1-7(8(2)14)11-12-10(13-16-11)9-4-3-5-15-6-9/h7,9H,3-6H2,1-2H3. The first kappa shape index (κ1) is 11.3. The van der Waals surface area contributed by atoms with Crippen molar-refractivity contribution in [1.29, 1.82) is 0 Å². The SMILES string of the molecule is CC(=O)C(C)c1nc(C2CCCOC2)no1. The summed E-state index contributed by atoms with van der Waals surface area (Å²) in [7, 11) is 0. The molecule has 0 aliphatic carbocycles. The maximum Gasteiger partial charge on any atom is 0.236 e. The van der Waals surface area contributed by atoms with Gasteiger partial charge in [-0.3, -0.25) is 4.79 Å². The fourth-order valence-electron chi connectivity index (χ4n) is 1.71. The first-order chi connectivity index (χ1) is 7.68. The normalized spacial score (nSPS) is 23.0. The quantitative estimate of drug-likeness (QED) is 0.781. The number of ketones is 1. The molecule has 1 fully saturated rings. The summed E-state index contributed by atoms with van der Waals surface area (Å²) in [6, 6.07) is 0. The zero-order chi connectivity index (χ0) is 11.5. The number of carbonyl (C=O) groups is 1. The van der Waals surface area contributed by atoms with Gasteiger partial charge in [0.2, 0.25) is 5.89 Å². The highest BCUT2D eigenvalue weighted by molar-refractivity contribution is 5.81. The largest absolute Gasteiger partial charge is 0.381 e. The molecule has 0 saturated carbocycles. The molecule has 5 heteroatoms. The number of ether oxygens (including phenoxy) is 1. The van der Waals surface area contributed by atoms with Gasteiger partial charge in [0.15, 0.2) is 5.82 Å². The van der Waals surface area contributed by atoms with Gasteiger partial charge in [0, 0.05) is 12.5 Å². The Morgan fingerprint density at radius 1 is 1.56 bits per heavy atom. The van der Waals surface area contributed by atoms with Gasteiger partial charge in [-0.25, -0.2) is 0 Å². The molecule has 1 aliphatic rings. The van der Waals surface area contributed by atoms with Crippen molar-refractivity contribution in [1.82, 2.24) is 10.1 Å². The molecule has 0 radical (unpaired) electrons. The molecule has 0 spiro atoms. The Balaban J connectivity index is 2.09. The van der Waals surface area contributed by atoms with E-state index in [-0.39, 0.29) is 17.6 Å². The van der Waals surface area contributed by atoms with Crippen LogP contribution in [0.2, 0.25) is 0 Å². The summed E-state index contributed by atoms with van der Waals surface area (Å²) in [6.07, 6.45) is 2.05. The molecule has 2 heterocycles. The van der Waals surface area contributed by atoms with Crippen LogP contribution in [-0.2, 0) is 9.53 Å². The average molecular weight is 224 g/mol. The Bertz CT molecular complexity index is 369. The molecule has 1 aromatic rings. The number of nitrogens with zero attached hydrogens (tertiary/aromatic N) is 2. The van der Waals surface area contributed by atoms with E-state index in [1.807, 2.05) is 0 Å². The molecule has 1 aromatic heterocycles. The second-order valence-electron chi connectivity index (χ2n) is 4.24. The van der Waals surface area contributed by atoms with Crippen LogP contribution in [0.5, 0.6) is 0 Å². The van der Waals surface area contributed by atoms with E-state index in [4.69, 9.17) is 9.26 Å². The fraction of sp³-hybridized carbons (Fsp3) is 0.727. The molecule has 0 aromatic carbocycles. The minimum atomic E-state index is -0.314. The van der Waals surface area contributed by atoms with Crippen LogP contribution >= 0.6 is 0 Å². The Morgan fingerprint density at radius 3 is 3.00 bits per heavy atom. The van der Waals surface area contributed by atoms with Crippen LogP contribution < -0.4 is 0 Å². The lowest BCUT2D eigenvalue weighted by atomic mass is 10.0. The molecule has 0 bridgehead atoms. The summed E-state index contributed by atoms with van der Waals surface area (Å²) in [4.78, 5) is 15.5. The van der Waals surface area contributed by atoms with Crippen LogP contribution in [0.25, 0.3) is 0 Å². The van der Waals surface area contributed by atoms with E-state index in [2.05, 4.69) is 10.1 Å². The highest BCUT2D eigenvalue weighted by Crippen LogP contribution is 2.24. The highest BCUT2D eigenvalue weighted by Gasteiger charge is 2.24. The van der Waals surface area contributed by atoms with Crippen molar-refractivity contribution in [2.75, 3.05) is 13.2 Å². The number of hydrogen-bond donors (Lipinski definition) is 0. The Morgan fingerprint density at radius 2 is 2.38 bits per heavy atom. The molecule has 88 valence electrons. The first-order valence-corrected chi connectivity index (χ1v) is 5.60. The van der Waals surface area contributed by atoms with Crippen molar-refractivity contribution in [2.24, 2.45) is 0 Å². The summed E-state index contributed by atoms with van der Waals surface area (Å²) < 4.78 is 10.5. The van der Waals surface area contributed by atoms with Crippen molar-refractivity contribution in [3.05, 3.63) is 11.7 Å². The Labute approximate surface area is 94.2 Å². The van der Waals surface area contributed by atoms with E-state index in [1.54, 1.807) is 6.92 Å². The van der Waals surface area contributed by atoms with Crippen LogP contribution in [0.3, 0.4) is 0 Å². The minimum Gasteiger partial charge on any atom is -0.381 e. The number of carbonyl (C=O) groups excluding carboxylic acids is 1. The average Bonchev–Trinajstić information content (AvgIpc) is 2.78. The molecular weight excluding hydrogens is 208 g/mol. The van der Waals surface area contributed by atoms with Crippen LogP contribution in [0.1, 0.15) is 50.2 Å². The van der Waals surface area contributed by atoms with Gasteiger partial charge in [-0.2, -0.15) is 4.98 Å². The molecule has 2 unspecified atom stereocenters. The number of rotatable bonds is 3. The Hall–Kier alpha value is -1.23.